The molecule has 4 rings (SSSR count). The lowest BCUT2D eigenvalue weighted by Crippen LogP contribution is -2.50. The number of amides is 2. The molecular weight excluding hydrogens is 465 g/mol. The number of hydrogen-bond donors (Lipinski definition) is 1. The van der Waals surface area contributed by atoms with Crippen molar-refractivity contribution in [2.24, 2.45) is 5.92 Å². The van der Waals surface area contributed by atoms with Crippen LogP contribution in [0.1, 0.15) is 34.6 Å². The number of halogens is 1. The van der Waals surface area contributed by atoms with E-state index < -0.39 is 18.0 Å². The summed E-state index contributed by atoms with van der Waals surface area (Å²) in [5.41, 5.74) is 1.81. The average molecular weight is 494 g/mol. The van der Waals surface area contributed by atoms with Gasteiger partial charge in [0.2, 0.25) is 5.88 Å². The van der Waals surface area contributed by atoms with Gasteiger partial charge in [0.1, 0.15) is 23.8 Å². The van der Waals surface area contributed by atoms with Gasteiger partial charge in [-0.3, -0.25) is 9.59 Å². The Bertz CT molecular complexity index is 1240. The topological polar surface area (TPSA) is 109 Å². The quantitative estimate of drug-likeness (QED) is 0.562. The highest BCUT2D eigenvalue weighted by atomic mass is 19.1. The minimum atomic E-state index is -0.522. The fourth-order valence-corrected chi connectivity index (χ4v) is 4.12. The second-order valence-corrected chi connectivity index (χ2v) is 9.02. The molecule has 1 N–H and O–H groups in total. The molecule has 3 aromatic rings. The van der Waals surface area contributed by atoms with Crippen LogP contribution in [0.4, 0.5) is 4.39 Å². The summed E-state index contributed by atoms with van der Waals surface area (Å²) in [7, 11) is 1.62. The molecule has 2 amide bonds. The third-order valence-electron chi connectivity index (χ3n) is 6.29. The molecule has 10 heteroatoms. The maximum atomic E-state index is 13.7. The first-order valence-electron chi connectivity index (χ1n) is 11.6. The first-order chi connectivity index (χ1) is 17.3. The summed E-state index contributed by atoms with van der Waals surface area (Å²) in [6.07, 6.45) is 5.71. The SMILES string of the molecule is C[C@H]1CN([C@@H](C)CO)C(=O)c2cc(-c3cncnc3)cnc2O[C@H]1CN(C)C(=O)c1cccc(F)c1. The van der Waals surface area contributed by atoms with E-state index in [2.05, 4.69) is 15.0 Å². The number of likely N-dealkylation sites (N-methyl/N-ethyl adjacent to an activating group) is 1. The van der Waals surface area contributed by atoms with Gasteiger partial charge < -0.3 is 19.6 Å². The summed E-state index contributed by atoms with van der Waals surface area (Å²) in [5.74, 6) is -1.22. The van der Waals surface area contributed by atoms with E-state index in [1.165, 1.54) is 29.4 Å². The Balaban J connectivity index is 1.67. The highest BCUT2D eigenvalue weighted by Gasteiger charge is 2.35. The maximum absolute atomic E-state index is 13.7. The molecule has 2 aromatic heterocycles. The Kier molecular flexibility index (Phi) is 7.54. The molecule has 36 heavy (non-hydrogen) atoms. The van der Waals surface area contributed by atoms with E-state index in [1.807, 2.05) is 6.92 Å². The van der Waals surface area contributed by atoms with Crippen LogP contribution in [0, 0.1) is 11.7 Å². The zero-order valence-corrected chi connectivity index (χ0v) is 20.3. The molecule has 0 radical (unpaired) electrons. The van der Waals surface area contributed by atoms with Gasteiger partial charge in [0.05, 0.1) is 19.2 Å². The molecular formula is C26H28FN5O4. The number of hydrogen-bond acceptors (Lipinski definition) is 7. The Morgan fingerprint density at radius 2 is 2.00 bits per heavy atom. The fraction of sp³-hybridized carbons (Fsp3) is 0.346. The third-order valence-corrected chi connectivity index (χ3v) is 6.29. The van der Waals surface area contributed by atoms with Crippen LogP contribution in [0.5, 0.6) is 5.88 Å². The van der Waals surface area contributed by atoms with Gasteiger partial charge in [0.15, 0.2) is 0 Å². The van der Waals surface area contributed by atoms with E-state index in [9.17, 15) is 19.1 Å². The lowest BCUT2D eigenvalue weighted by molar-refractivity contribution is 0.0313. The van der Waals surface area contributed by atoms with Gasteiger partial charge in [0.25, 0.3) is 11.8 Å². The first kappa shape index (κ1) is 25.2. The van der Waals surface area contributed by atoms with Crippen LogP contribution >= 0.6 is 0 Å². The van der Waals surface area contributed by atoms with Gasteiger partial charge in [-0.1, -0.05) is 13.0 Å². The van der Waals surface area contributed by atoms with Crippen LogP contribution in [0.15, 0.2) is 55.2 Å². The van der Waals surface area contributed by atoms with E-state index in [1.54, 1.807) is 49.6 Å². The van der Waals surface area contributed by atoms with Gasteiger partial charge in [-0.15, -0.1) is 0 Å². The monoisotopic (exact) mass is 493 g/mol. The third kappa shape index (κ3) is 5.33. The predicted octanol–water partition coefficient (Wildman–Crippen LogP) is 2.67. The maximum Gasteiger partial charge on any atom is 0.259 e. The second kappa shape index (κ2) is 10.8. The zero-order chi connectivity index (χ0) is 25.8. The molecule has 3 heterocycles. The number of benzene rings is 1. The summed E-state index contributed by atoms with van der Waals surface area (Å²) >= 11 is 0. The fourth-order valence-electron chi connectivity index (χ4n) is 4.12. The number of aliphatic hydroxyl groups excluding tert-OH is 1. The Morgan fingerprint density at radius 1 is 1.25 bits per heavy atom. The van der Waals surface area contributed by atoms with Crippen molar-refractivity contribution in [3.63, 3.8) is 0 Å². The van der Waals surface area contributed by atoms with Crippen molar-refractivity contribution in [1.29, 1.82) is 0 Å². The number of pyridine rings is 1. The molecule has 0 fully saturated rings. The molecule has 1 aromatic carbocycles. The molecule has 0 bridgehead atoms. The normalized spacial score (nSPS) is 18.5. The molecule has 0 saturated carbocycles. The summed E-state index contributed by atoms with van der Waals surface area (Å²) in [6.45, 7) is 3.95. The highest BCUT2D eigenvalue weighted by Crippen LogP contribution is 2.30. The molecule has 1 aliphatic rings. The van der Waals surface area contributed by atoms with Crippen molar-refractivity contribution in [2.45, 2.75) is 26.0 Å². The van der Waals surface area contributed by atoms with Crippen molar-refractivity contribution in [2.75, 3.05) is 26.7 Å². The smallest absolute Gasteiger partial charge is 0.259 e. The van der Waals surface area contributed by atoms with Gasteiger partial charge in [-0.2, -0.15) is 0 Å². The Morgan fingerprint density at radius 3 is 2.69 bits per heavy atom. The van der Waals surface area contributed by atoms with E-state index in [4.69, 9.17) is 4.74 Å². The van der Waals surface area contributed by atoms with Crippen LogP contribution in [0.25, 0.3) is 11.1 Å². The summed E-state index contributed by atoms with van der Waals surface area (Å²) < 4.78 is 19.9. The number of carbonyl (C=O) groups excluding carboxylic acids is 2. The van der Waals surface area contributed by atoms with Crippen molar-refractivity contribution < 1.29 is 23.8 Å². The lowest BCUT2D eigenvalue weighted by Gasteiger charge is -2.37. The minimum Gasteiger partial charge on any atom is -0.472 e. The lowest BCUT2D eigenvalue weighted by atomic mass is 9.99. The van der Waals surface area contributed by atoms with E-state index in [0.29, 0.717) is 17.7 Å². The van der Waals surface area contributed by atoms with Crippen LogP contribution in [0.3, 0.4) is 0 Å². The number of aliphatic hydroxyl groups is 1. The molecule has 1 aliphatic heterocycles. The molecule has 9 nitrogen and oxygen atoms in total. The molecule has 0 unspecified atom stereocenters. The van der Waals surface area contributed by atoms with Crippen LogP contribution in [-0.4, -0.2) is 80.6 Å². The zero-order valence-electron chi connectivity index (χ0n) is 20.3. The molecule has 188 valence electrons. The first-order valence-corrected chi connectivity index (χ1v) is 11.6. The standard InChI is InChI=1S/C26H28FN5O4/c1-16-12-32(17(2)14-33)26(35)22-8-19(20-9-28-15-29-10-20)11-30-24(22)36-23(16)13-31(3)25(34)18-5-4-6-21(27)7-18/h4-11,15-17,23,33H,12-14H2,1-3H3/t16-,17-,23-/m0/s1. The number of rotatable bonds is 6. The molecule has 3 atom stereocenters. The summed E-state index contributed by atoms with van der Waals surface area (Å²) in [4.78, 5) is 42.0. The van der Waals surface area contributed by atoms with Crippen molar-refractivity contribution >= 4 is 11.8 Å². The van der Waals surface area contributed by atoms with E-state index >= 15 is 0 Å². The van der Waals surface area contributed by atoms with E-state index in [0.717, 1.165) is 0 Å². The molecule has 0 saturated heterocycles. The Labute approximate surface area is 208 Å². The number of fused-ring (bicyclic) bond motifs is 1. The van der Waals surface area contributed by atoms with Crippen molar-refractivity contribution in [3.05, 3.63) is 72.2 Å². The average Bonchev–Trinajstić information content (AvgIpc) is 2.90. The van der Waals surface area contributed by atoms with E-state index in [-0.39, 0.29) is 47.9 Å². The van der Waals surface area contributed by atoms with Crippen LogP contribution in [-0.2, 0) is 0 Å². The summed E-state index contributed by atoms with van der Waals surface area (Å²) in [5, 5.41) is 9.83. The number of carbonyl (C=O) groups is 2. The van der Waals surface area contributed by atoms with Gasteiger partial charge in [-0.05, 0) is 31.2 Å². The van der Waals surface area contributed by atoms with Crippen molar-refractivity contribution in [3.8, 4) is 17.0 Å². The molecule has 0 aliphatic carbocycles. The number of nitrogens with zero attached hydrogens (tertiary/aromatic N) is 5. The van der Waals surface area contributed by atoms with Crippen molar-refractivity contribution in [1.82, 2.24) is 24.8 Å². The second-order valence-electron chi connectivity index (χ2n) is 9.02. The van der Waals surface area contributed by atoms with Crippen LogP contribution in [0.2, 0.25) is 0 Å². The van der Waals surface area contributed by atoms with Crippen LogP contribution < -0.4 is 4.74 Å². The number of ether oxygens (including phenoxy) is 1. The highest BCUT2D eigenvalue weighted by molar-refractivity contribution is 5.98. The Hall–Kier alpha value is -3.92. The predicted molar refractivity (Wildman–Crippen MR) is 130 cm³/mol. The minimum absolute atomic E-state index is 0.138. The number of aromatic nitrogens is 3. The van der Waals surface area contributed by atoms with Gasteiger partial charge in [-0.25, -0.2) is 19.3 Å². The summed E-state index contributed by atoms with van der Waals surface area (Å²) in [6, 6.07) is 6.75. The molecule has 0 spiro atoms. The van der Waals surface area contributed by atoms with Gasteiger partial charge in [0, 0.05) is 54.8 Å². The largest absolute Gasteiger partial charge is 0.472 e. The van der Waals surface area contributed by atoms with Gasteiger partial charge >= 0.3 is 0 Å².